The summed E-state index contributed by atoms with van der Waals surface area (Å²) < 4.78 is 60.8. The van der Waals surface area contributed by atoms with Gasteiger partial charge in [-0.2, -0.15) is 13.2 Å². The van der Waals surface area contributed by atoms with Crippen LogP contribution in [-0.4, -0.2) is 33.7 Å². The van der Waals surface area contributed by atoms with Crippen LogP contribution in [0.25, 0.3) is 11.3 Å². The molecule has 1 saturated heterocycles. The molecule has 3 aromatic rings. The molecule has 4 rings (SSSR count). The number of carbonyl (C=O) groups is 2. The number of ketones is 1. The Balaban J connectivity index is 1.83. The van der Waals surface area contributed by atoms with Gasteiger partial charge in [0, 0.05) is 11.6 Å². The predicted octanol–water partition coefficient (Wildman–Crippen LogP) is 4.10. The van der Waals surface area contributed by atoms with Gasteiger partial charge in [-0.3, -0.25) is 14.9 Å². The van der Waals surface area contributed by atoms with Crippen LogP contribution in [0.3, 0.4) is 0 Å². The van der Waals surface area contributed by atoms with Crippen molar-refractivity contribution in [3.05, 3.63) is 87.9 Å². The fraction of sp³-hybridized carbons (Fsp3) is 0.182. The lowest BCUT2D eigenvalue weighted by Gasteiger charge is -2.44. The van der Waals surface area contributed by atoms with Crippen LogP contribution in [0.4, 0.5) is 28.0 Å². The van der Waals surface area contributed by atoms with Crippen LogP contribution < -0.4 is 10.6 Å². The fourth-order valence-corrected chi connectivity index (χ4v) is 3.88. The van der Waals surface area contributed by atoms with Crippen molar-refractivity contribution in [1.82, 2.24) is 10.6 Å². The first-order valence-electron chi connectivity index (χ1n) is 9.93. The molecule has 1 fully saturated rings. The molecule has 13 heteroatoms. The maximum Gasteiger partial charge on any atom is 0.437 e. The van der Waals surface area contributed by atoms with E-state index in [0.717, 1.165) is 30.3 Å². The second kappa shape index (κ2) is 8.51. The maximum absolute atomic E-state index is 14.0. The number of hydrogen-bond acceptors (Lipinski definition) is 6. The van der Waals surface area contributed by atoms with Gasteiger partial charge in [0.05, 0.1) is 10.5 Å². The molecule has 2 aromatic carbocycles. The highest BCUT2D eigenvalue weighted by atomic mass is 19.4. The Morgan fingerprint density at radius 1 is 1.09 bits per heavy atom. The Morgan fingerprint density at radius 2 is 1.74 bits per heavy atom. The smallest absolute Gasteiger partial charge is 0.437 e. The molecular weight excluding hydrogens is 478 g/mol. The van der Waals surface area contributed by atoms with E-state index in [-0.39, 0.29) is 28.3 Å². The monoisotopic (exact) mass is 493 g/mol. The third-order valence-corrected chi connectivity index (χ3v) is 5.52. The van der Waals surface area contributed by atoms with Crippen molar-refractivity contribution in [2.24, 2.45) is 5.92 Å². The van der Waals surface area contributed by atoms with Gasteiger partial charge in [-0.05, 0) is 42.5 Å². The SMILES string of the molecule is O=C1N[C@@H](c2ccc(-c3ccccc3[N+](=O)[O-])o2)[C@@H](C(=O)c2ccc(F)cc2)[C@](O)(C(F)(F)F)N1. The summed E-state index contributed by atoms with van der Waals surface area (Å²) in [5.41, 5.74) is -4.74. The number of alkyl halides is 3. The normalized spacial score (nSPS) is 22.3. The van der Waals surface area contributed by atoms with Crippen molar-refractivity contribution in [1.29, 1.82) is 0 Å². The van der Waals surface area contributed by atoms with E-state index in [1.54, 1.807) is 0 Å². The zero-order chi connectivity index (χ0) is 25.5. The molecule has 3 N–H and O–H groups in total. The van der Waals surface area contributed by atoms with Crippen LogP contribution in [0.5, 0.6) is 0 Å². The second-order valence-electron chi connectivity index (χ2n) is 7.67. The van der Waals surface area contributed by atoms with Gasteiger partial charge in [0.1, 0.15) is 29.3 Å². The first-order chi connectivity index (χ1) is 16.4. The summed E-state index contributed by atoms with van der Waals surface area (Å²) in [6, 6.07) is 8.04. The average Bonchev–Trinajstić information content (AvgIpc) is 3.28. The predicted molar refractivity (Wildman–Crippen MR) is 110 cm³/mol. The van der Waals surface area contributed by atoms with E-state index in [4.69, 9.17) is 4.42 Å². The summed E-state index contributed by atoms with van der Waals surface area (Å²) in [6.07, 6.45) is -5.50. The average molecular weight is 493 g/mol. The highest BCUT2D eigenvalue weighted by molar-refractivity contribution is 6.00. The molecule has 0 aliphatic carbocycles. The molecule has 0 unspecified atom stereocenters. The lowest BCUT2D eigenvalue weighted by atomic mass is 9.79. The Bertz CT molecular complexity index is 1310. The van der Waals surface area contributed by atoms with E-state index in [1.807, 2.05) is 0 Å². The Labute approximate surface area is 193 Å². The minimum absolute atomic E-state index is 0.00324. The number of nitro benzene ring substituents is 1. The van der Waals surface area contributed by atoms with Crippen molar-refractivity contribution >= 4 is 17.5 Å². The lowest BCUT2D eigenvalue weighted by molar-refractivity contribution is -0.384. The first kappa shape index (κ1) is 23.9. The number of nitrogens with one attached hydrogen (secondary N) is 2. The topological polar surface area (TPSA) is 135 Å². The Kier molecular flexibility index (Phi) is 5.80. The number of furan rings is 1. The van der Waals surface area contributed by atoms with Gasteiger partial charge in [0.25, 0.3) is 5.69 Å². The van der Waals surface area contributed by atoms with Crippen LogP contribution in [0.1, 0.15) is 22.2 Å². The Hall–Kier alpha value is -4.26. The van der Waals surface area contributed by atoms with E-state index < -0.39 is 46.4 Å². The molecule has 35 heavy (non-hydrogen) atoms. The molecule has 1 aromatic heterocycles. The second-order valence-corrected chi connectivity index (χ2v) is 7.67. The van der Waals surface area contributed by atoms with Gasteiger partial charge in [0.15, 0.2) is 5.78 Å². The van der Waals surface area contributed by atoms with Gasteiger partial charge >= 0.3 is 12.2 Å². The fourth-order valence-electron chi connectivity index (χ4n) is 3.88. The summed E-state index contributed by atoms with van der Waals surface area (Å²) in [6.45, 7) is 0. The standard InChI is InChI=1S/C22H15F4N3O6/c23-12-7-5-11(6-8-12)19(30)17-18(27-20(31)28-21(17,32)22(24,25)26)16-10-9-15(35-16)13-3-1-2-4-14(13)29(33)34/h1-10,17-18,32H,(H2,27,28,31)/t17-,18-,21-/m0/s1. The summed E-state index contributed by atoms with van der Waals surface area (Å²) >= 11 is 0. The molecule has 182 valence electrons. The molecular formula is C22H15F4N3O6. The highest BCUT2D eigenvalue weighted by Crippen LogP contribution is 2.45. The number of urea groups is 1. The summed E-state index contributed by atoms with van der Waals surface area (Å²) in [5.74, 6) is -4.93. The molecule has 1 aliphatic rings. The van der Waals surface area contributed by atoms with E-state index >= 15 is 0 Å². The number of amides is 2. The summed E-state index contributed by atoms with van der Waals surface area (Å²) in [7, 11) is 0. The van der Waals surface area contributed by atoms with Gasteiger partial charge in [-0.1, -0.05) is 12.1 Å². The number of para-hydroxylation sites is 1. The molecule has 0 bridgehead atoms. The van der Waals surface area contributed by atoms with Gasteiger partial charge < -0.3 is 20.2 Å². The highest BCUT2D eigenvalue weighted by Gasteiger charge is 2.66. The van der Waals surface area contributed by atoms with E-state index in [2.05, 4.69) is 5.32 Å². The van der Waals surface area contributed by atoms with Crippen molar-refractivity contribution in [3.8, 4) is 11.3 Å². The molecule has 0 spiro atoms. The van der Waals surface area contributed by atoms with Crippen molar-refractivity contribution in [2.45, 2.75) is 17.9 Å². The summed E-state index contributed by atoms with van der Waals surface area (Å²) in [4.78, 5) is 35.9. The number of Topliss-reactive ketones (excluding diaryl/α,β-unsaturated/α-hetero) is 1. The quantitative estimate of drug-likeness (QED) is 0.212. The van der Waals surface area contributed by atoms with Crippen LogP contribution in [0.2, 0.25) is 0 Å². The summed E-state index contributed by atoms with van der Waals surface area (Å²) in [5, 5.41) is 25.4. The number of nitro groups is 1. The number of halogens is 4. The minimum atomic E-state index is -5.50. The number of rotatable bonds is 5. The third-order valence-electron chi connectivity index (χ3n) is 5.52. The van der Waals surface area contributed by atoms with Crippen LogP contribution in [0, 0.1) is 21.8 Å². The largest absolute Gasteiger partial charge is 0.459 e. The minimum Gasteiger partial charge on any atom is -0.459 e. The molecule has 3 atom stereocenters. The van der Waals surface area contributed by atoms with E-state index in [1.165, 1.54) is 35.6 Å². The number of hydrogen-bond donors (Lipinski definition) is 3. The van der Waals surface area contributed by atoms with Crippen LogP contribution in [0.15, 0.2) is 65.1 Å². The van der Waals surface area contributed by atoms with Gasteiger partial charge in [-0.25, -0.2) is 9.18 Å². The van der Waals surface area contributed by atoms with Gasteiger partial charge in [-0.15, -0.1) is 0 Å². The number of carbonyl (C=O) groups excluding carboxylic acids is 2. The number of nitrogens with zero attached hydrogens (tertiary/aromatic N) is 1. The van der Waals surface area contributed by atoms with E-state index in [9.17, 15) is 42.4 Å². The molecule has 0 radical (unpaired) electrons. The maximum atomic E-state index is 14.0. The molecule has 2 amide bonds. The molecule has 1 aliphatic heterocycles. The number of aliphatic hydroxyl groups is 1. The van der Waals surface area contributed by atoms with Crippen molar-refractivity contribution < 1.29 is 41.6 Å². The van der Waals surface area contributed by atoms with Crippen molar-refractivity contribution in [3.63, 3.8) is 0 Å². The zero-order valence-corrected chi connectivity index (χ0v) is 17.4. The van der Waals surface area contributed by atoms with E-state index in [0.29, 0.717) is 0 Å². The molecule has 9 nitrogen and oxygen atoms in total. The van der Waals surface area contributed by atoms with Gasteiger partial charge in [0.2, 0.25) is 5.72 Å². The van der Waals surface area contributed by atoms with Crippen LogP contribution in [-0.2, 0) is 0 Å². The molecule has 2 heterocycles. The number of benzene rings is 2. The Morgan fingerprint density at radius 3 is 2.37 bits per heavy atom. The molecule has 0 saturated carbocycles. The van der Waals surface area contributed by atoms with Crippen LogP contribution >= 0.6 is 0 Å². The zero-order valence-electron chi connectivity index (χ0n) is 17.4. The first-order valence-corrected chi connectivity index (χ1v) is 9.93. The van der Waals surface area contributed by atoms with Crippen molar-refractivity contribution in [2.75, 3.05) is 0 Å². The third kappa shape index (κ3) is 4.21. The lowest BCUT2D eigenvalue weighted by Crippen LogP contribution is -2.72.